The summed E-state index contributed by atoms with van der Waals surface area (Å²) in [5, 5.41) is 0. The average molecular weight is 423 g/mol. The van der Waals surface area contributed by atoms with Gasteiger partial charge in [0.05, 0.1) is 11.5 Å². The lowest BCUT2D eigenvalue weighted by atomic mass is 10.3. The van der Waals surface area contributed by atoms with Crippen LogP contribution in [0.5, 0.6) is 0 Å². The quantitative estimate of drug-likeness (QED) is 0.150. The van der Waals surface area contributed by atoms with Gasteiger partial charge < -0.3 is 27.9 Å². The first-order valence-corrected chi connectivity index (χ1v) is 11.4. The Morgan fingerprint density at radius 3 is 1.22 bits per heavy atom. The zero-order chi connectivity index (χ0) is 15.8. The van der Waals surface area contributed by atoms with E-state index < -0.39 is 20.2 Å². The lowest BCUT2D eigenvalue weighted by Gasteiger charge is -2.12. The molecular formula is C8H26N2O9S4. The predicted octanol–water partition coefficient (Wildman–Crippen LogP) is -2.90. The van der Waals surface area contributed by atoms with Crippen molar-refractivity contribution in [3.63, 3.8) is 0 Å². The van der Waals surface area contributed by atoms with Crippen molar-refractivity contribution in [1.29, 1.82) is 0 Å². The molecule has 0 spiro atoms. The van der Waals surface area contributed by atoms with Gasteiger partial charge in [0.15, 0.2) is 0 Å². The second-order valence-corrected chi connectivity index (χ2v) is 9.94. The van der Waals surface area contributed by atoms with Crippen LogP contribution in [0.4, 0.5) is 0 Å². The van der Waals surface area contributed by atoms with E-state index in [1.807, 2.05) is 0 Å². The molecule has 0 radical (unpaired) electrons. The van der Waals surface area contributed by atoms with E-state index in [0.717, 1.165) is 0 Å². The van der Waals surface area contributed by atoms with E-state index in [9.17, 15) is 16.8 Å². The highest BCUT2D eigenvalue weighted by atomic mass is 33.1. The normalized spacial score (nSPS) is 13.9. The summed E-state index contributed by atoms with van der Waals surface area (Å²) in [6.45, 7) is 0. The Morgan fingerprint density at radius 1 is 0.739 bits per heavy atom. The molecule has 0 aliphatic heterocycles. The SMILES string of the molecule is NC(CCS(=O)(=O)O)CSSCC(N)CCS(=O)(=O)O.O.O.O. The Bertz CT molecular complexity index is 426. The van der Waals surface area contributed by atoms with Crippen LogP contribution in [0.3, 0.4) is 0 Å². The van der Waals surface area contributed by atoms with Crippen LogP contribution in [0.25, 0.3) is 0 Å². The van der Waals surface area contributed by atoms with Crippen LogP contribution in [0.2, 0.25) is 0 Å². The fraction of sp³-hybridized carbons (Fsp3) is 1.00. The largest absolute Gasteiger partial charge is 0.412 e. The van der Waals surface area contributed by atoms with Gasteiger partial charge in [0.1, 0.15) is 0 Å². The summed E-state index contributed by atoms with van der Waals surface area (Å²) in [4.78, 5) is 0. The van der Waals surface area contributed by atoms with Crippen molar-refractivity contribution in [3.8, 4) is 0 Å². The molecule has 0 heterocycles. The van der Waals surface area contributed by atoms with Crippen LogP contribution < -0.4 is 11.5 Å². The summed E-state index contributed by atoms with van der Waals surface area (Å²) in [5.41, 5.74) is 11.3. The highest BCUT2D eigenvalue weighted by Gasteiger charge is 2.12. The summed E-state index contributed by atoms with van der Waals surface area (Å²) in [6, 6.07) is -0.716. The second kappa shape index (κ2) is 14.6. The lowest BCUT2D eigenvalue weighted by molar-refractivity contribution is 0.476. The highest BCUT2D eigenvalue weighted by molar-refractivity contribution is 8.76. The summed E-state index contributed by atoms with van der Waals surface area (Å²) >= 11 is 0. The number of nitrogens with two attached hydrogens (primary N) is 2. The van der Waals surface area contributed by atoms with E-state index in [2.05, 4.69) is 0 Å². The Labute approximate surface area is 143 Å². The fourth-order valence-corrected chi connectivity index (χ4v) is 4.74. The third-order valence-electron chi connectivity index (χ3n) is 2.14. The highest BCUT2D eigenvalue weighted by Crippen LogP contribution is 2.23. The summed E-state index contributed by atoms with van der Waals surface area (Å²) in [6.07, 6.45) is 0.336. The van der Waals surface area contributed by atoms with Crippen LogP contribution in [-0.2, 0) is 20.2 Å². The molecule has 0 aliphatic rings. The minimum Gasteiger partial charge on any atom is -0.412 e. The predicted molar refractivity (Wildman–Crippen MR) is 93.8 cm³/mol. The van der Waals surface area contributed by atoms with Crippen molar-refractivity contribution < 1.29 is 42.4 Å². The van der Waals surface area contributed by atoms with Gasteiger partial charge in [-0.25, -0.2) is 0 Å². The number of hydrogen-bond donors (Lipinski definition) is 4. The molecule has 0 saturated carbocycles. The Morgan fingerprint density at radius 2 is 1.00 bits per heavy atom. The van der Waals surface area contributed by atoms with Gasteiger partial charge in [-0.05, 0) is 12.8 Å². The molecule has 2 atom stereocenters. The van der Waals surface area contributed by atoms with E-state index in [-0.39, 0.29) is 52.9 Å². The minimum absolute atomic E-state index is 0. The van der Waals surface area contributed by atoms with Gasteiger partial charge >= 0.3 is 0 Å². The van der Waals surface area contributed by atoms with Gasteiger partial charge in [-0.2, -0.15) is 16.8 Å². The molecule has 0 aromatic heterocycles. The molecule has 2 unspecified atom stereocenters. The van der Waals surface area contributed by atoms with Crippen LogP contribution in [-0.4, -0.2) is 77.5 Å². The van der Waals surface area contributed by atoms with Gasteiger partial charge in [0.2, 0.25) is 0 Å². The molecule has 0 aliphatic carbocycles. The van der Waals surface area contributed by atoms with Crippen molar-refractivity contribution in [3.05, 3.63) is 0 Å². The molecule has 12 N–H and O–H groups in total. The lowest BCUT2D eigenvalue weighted by Crippen LogP contribution is -2.27. The van der Waals surface area contributed by atoms with E-state index in [1.165, 1.54) is 21.6 Å². The van der Waals surface area contributed by atoms with Crippen molar-refractivity contribution >= 4 is 41.8 Å². The van der Waals surface area contributed by atoms with Crippen molar-refractivity contribution in [1.82, 2.24) is 0 Å². The van der Waals surface area contributed by atoms with Crippen LogP contribution >= 0.6 is 21.6 Å². The van der Waals surface area contributed by atoms with Gasteiger partial charge in [-0.15, -0.1) is 0 Å². The first-order chi connectivity index (χ1) is 8.99. The standard InChI is InChI=1S/C8H20N2O6S4.3H2O/c9-7(1-3-19(11,12)13)5-17-18-6-8(10)2-4-20(14,15)16;;;/h7-8H,1-6,9-10H2,(H,11,12,13)(H,14,15,16);3*1H2. The summed E-state index contributed by atoms with van der Waals surface area (Å²) < 4.78 is 59.1. The number of rotatable bonds is 11. The minimum atomic E-state index is -3.98. The molecule has 0 fully saturated rings. The van der Waals surface area contributed by atoms with E-state index in [1.54, 1.807) is 0 Å². The van der Waals surface area contributed by atoms with E-state index in [0.29, 0.717) is 11.5 Å². The molecular weight excluding hydrogens is 396 g/mol. The van der Waals surface area contributed by atoms with Crippen molar-refractivity contribution in [2.24, 2.45) is 11.5 Å². The first-order valence-electron chi connectivity index (χ1n) is 5.65. The fourth-order valence-electron chi connectivity index (χ4n) is 1.04. The monoisotopic (exact) mass is 422 g/mol. The molecule has 146 valence electrons. The Kier molecular flexibility index (Phi) is 19.8. The molecule has 0 aromatic carbocycles. The van der Waals surface area contributed by atoms with E-state index in [4.69, 9.17) is 20.6 Å². The van der Waals surface area contributed by atoms with E-state index >= 15 is 0 Å². The van der Waals surface area contributed by atoms with Gasteiger partial charge in [0, 0.05) is 23.6 Å². The number of hydrogen-bond acceptors (Lipinski definition) is 8. The van der Waals surface area contributed by atoms with Crippen molar-refractivity contribution in [2.45, 2.75) is 24.9 Å². The Balaban J connectivity index is -0.000000602. The molecule has 0 bridgehead atoms. The molecule has 0 amide bonds. The average Bonchev–Trinajstić information content (AvgIpc) is 2.27. The van der Waals surface area contributed by atoms with Gasteiger partial charge in [-0.1, -0.05) is 21.6 Å². The topological polar surface area (TPSA) is 255 Å². The van der Waals surface area contributed by atoms with Crippen molar-refractivity contribution in [2.75, 3.05) is 23.0 Å². The van der Waals surface area contributed by atoms with Crippen LogP contribution in [0.1, 0.15) is 12.8 Å². The third-order valence-corrected chi connectivity index (χ3v) is 6.26. The molecule has 0 rings (SSSR count). The zero-order valence-electron chi connectivity index (χ0n) is 12.2. The summed E-state index contributed by atoms with van der Waals surface area (Å²) in [7, 11) is -5.17. The molecule has 0 saturated heterocycles. The molecule has 11 nitrogen and oxygen atoms in total. The summed E-state index contributed by atoms with van der Waals surface area (Å²) in [5.74, 6) is 0.247. The second-order valence-electron chi connectivity index (χ2n) is 4.24. The smallest absolute Gasteiger partial charge is 0.264 e. The van der Waals surface area contributed by atoms with Crippen LogP contribution in [0, 0.1) is 0 Å². The zero-order valence-corrected chi connectivity index (χ0v) is 15.5. The Hall–Kier alpha value is 0.320. The maximum absolute atomic E-state index is 10.5. The third kappa shape index (κ3) is 24.7. The molecule has 15 heteroatoms. The first kappa shape index (κ1) is 31.1. The van der Waals surface area contributed by atoms with Gasteiger partial charge in [-0.3, -0.25) is 9.11 Å². The maximum atomic E-state index is 10.5. The van der Waals surface area contributed by atoms with Gasteiger partial charge in [0.25, 0.3) is 20.2 Å². The van der Waals surface area contributed by atoms with Crippen LogP contribution in [0.15, 0.2) is 0 Å². The maximum Gasteiger partial charge on any atom is 0.264 e. The molecule has 0 aromatic rings. The molecule has 23 heavy (non-hydrogen) atoms.